The van der Waals surface area contributed by atoms with Gasteiger partial charge < -0.3 is 9.47 Å². The van der Waals surface area contributed by atoms with Gasteiger partial charge in [-0.2, -0.15) is 0 Å². The van der Waals surface area contributed by atoms with E-state index < -0.39 is 21.4 Å². The molecule has 1 N–H and O–H groups in total. The van der Waals surface area contributed by atoms with Crippen molar-refractivity contribution in [3.63, 3.8) is 0 Å². The van der Waals surface area contributed by atoms with E-state index in [1.54, 1.807) is 37.3 Å². The van der Waals surface area contributed by atoms with Gasteiger partial charge in [0.05, 0.1) is 11.5 Å². The third kappa shape index (κ3) is 3.53. The second-order valence-corrected chi connectivity index (χ2v) is 7.87. The molecule has 1 aliphatic rings. The van der Waals surface area contributed by atoms with Crippen LogP contribution in [-0.2, 0) is 26.8 Å². The van der Waals surface area contributed by atoms with E-state index in [1.807, 2.05) is 0 Å². The minimum absolute atomic E-state index is 0.0969. The summed E-state index contributed by atoms with van der Waals surface area (Å²) in [6.07, 6.45) is 0.684. The van der Waals surface area contributed by atoms with Crippen LogP contribution >= 0.6 is 0 Å². The number of fused-ring (bicyclic) bond motifs is 1. The third-order valence-corrected chi connectivity index (χ3v) is 5.86. The quantitative estimate of drug-likeness (QED) is 0.855. The van der Waals surface area contributed by atoms with Crippen molar-refractivity contribution >= 4 is 10.0 Å². The molecular weight excluding hydrogens is 345 g/mol. The maximum Gasteiger partial charge on any atom is 0.240 e. The molecule has 0 saturated carbocycles. The number of hydrogen-bond donors (Lipinski definition) is 1. The lowest BCUT2D eigenvalue weighted by molar-refractivity contribution is 0.00410. The topological polar surface area (TPSA) is 64.6 Å². The standard InChI is InChI=1S/C18H20FNO4S/c1-18(23-2,15-5-3-4-6-16(15)19)12-20-25(21,22)14-7-8-17-13(11-14)9-10-24-17/h3-8,11,20H,9-10,12H2,1-2H3/t18-/m0/s1. The van der Waals surface area contributed by atoms with Crippen LogP contribution in [0, 0.1) is 5.82 Å². The first-order valence-corrected chi connectivity index (χ1v) is 9.39. The first kappa shape index (κ1) is 17.8. The Hall–Kier alpha value is -1.96. The highest BCUT2D eigenvalue weighted by molar-refractivity contribution is 7.89. The van der Waals surface area contributed by atoms with Crippen molar-refractivity contribution in [2.75, 3.05) is 20.3 Å². The highest BCUT2D eigenvalue weighted by atomic mass is 32.2. The van der Waals surface area contributed by atoms with Gasteiger partial charge in [0, 0.05) is 25.6 Å². The minimum atomic E-state index is -3.75. The van der Waals surface area contributed by atoms with Crippen molar-refractivity contribution < 1.29 is 22.3 Å². The number of rotatable bonds is 6. The lowest BCUT2D eigenvalue weighted by Crippen LogP contribution is -2.40. The maximum atomic E-state index is 14.1. The fourth-order valence-corrected chi connectivity index (χ4v) is 3.99. The van der Waals surface area contributed by atoms with Crippen LogP contribution in [0.1, 0.15) is 18.1 Å². The van der Waals surface area contributed by atoms with E-state index in [2.05, 4.69) is 4.72 Å². The van der Waals surface area contributed by atoms with Crippen LogP contribution in [0.15, 0.2) is 47.4 Å². The van der Waals surface area contributed by atoms with Gasteiger partial charge in [-0.05, 0) is 36.8 Å². The van der Waals surface area contributed by atoms with Crippen molar-refractivity contribution in [2.24, 2.45) is 0 Å². The molecule has 1 heterocycles. The van der Waals surface area contributed by atoms with E-state index in [-0.39, 0.29) is 11.4 Å². The van der Waals surface area contributed by atoms with Gasteiger partial charge in [-0.15, -0.1) is 0 Å². The maximum absolute atomic E-state index is 14.1. The highest BCUT2D eigenvalue weighted by Crippen LogP contribution is 2.29. The molecule has 1 atom stereocenters. The van der Waals surface area contributed by atoms with E-state index in [4.69, 9.17) is 9.47 Å². The monoisotopic (exact) mass is 365 g/mol. The molecule has 0 bridgehead atoms. The molecule has 0 fully saturated rings. The Kier molecular flexibility index (Phi) is 4.81. The second kappa shape index (κ2) is 6.74. The molecule has 5 nitrogen and oxygen atoms in total. The van der Waals surface area contributed by atoms with Crippen LogP contribution in [0.5, 0.6) is 5.75 Å². The molecule has 2 aromatic carbocycles. The van der Waals surface area contributed by atoms with E-state index in [0.717, 1.165) is 5.56 Å². The summed E-state index contributed by atoms with van der Waals surface area (Å²) in [6, 6.07) is 10.9. The Morgan fingerprint density at radius 1 is 1.28 bits per heavy atom. The van der Waals surface area contributed by atoms with Crippen LogP contribution in [0.2, 0.25) is 0 Å². The van der Waals surface area contributed by atoms with Gasteiger partial charge in [-0.1, -0.05) is 18.2 Å². The number of ether oxygens (including phenoxy) is 2. The van der Waals surface area contributed by atoms with Crippen LogP contribution in [0.4, 0.5) is 4.39 Å². The van der Waals surface area contributed by atoms with Gasteiger partial charge in [0.15, 0.2) is 0 Å². The minimum Gasteiger partial charge on any atom is -0.493 e. The lowest BCUT2D eigenvalue weighted by atomic mass is 9.95. The van der Waals surface area contributed by atoms with E-state index in [9.17, 15) is 12.8 Å². The first-order chi connectivity index (χ1) is 11.9. The van der Waals surface area contributed by atoms with Crippen molar-refractivity contribution in [2.45, 2.75) is 23.8 Å². The average Bonchev–Trinajstić information content (AvgIpc) is 3.08. The van der Waals surface area contributed by atoms with E-state index >= 15 is 0 Å². The number of benzene rings is 2. The van der Waals surface area contributed by atoms with Gasteiger partial charge >= 0.3 is 0 Å². The van der Waals surface area contributed by atoms with Crippen LogP contribution in [-0.4, -0.2) is 28.7 Å². The molecule has 7 heteroatoms. The molecule has 0 aromatic heterocycles. The van der Waals surface area contributed by atoms with Crippen LogP contribution < -0.4 is 9.46 Å². The molecule has 2 aromatic rings. The number of sulfonamides is 1. The van der Waals surface area contributed by atoms with E-state index in [1.165, 1.54) is 19.2 Å². The number of hydrogen-bond acceptors (Lipinski definition) is 4. The zero-order valence-electron chi connectivity index (χ0n) is 14.1. The molecule has 25 heavy (non-hydrogen) atoms. The smallest absolute Gasteiger partial charge is 0.240 e. The Morgan fingerprint density at radius 2 is 2.04 bits per heavy atom. The Morgan fingerprint density at radius 3 is 2.76 bits per heavy atom. The number of methoxy groups -OCH3 is 1. The predicted molar refractivity (Wildman–Crippen MR) is 91.6 cm³/mol. The molecule has 0 spiro atoms. The summed E-state index contributed by atoms with van der Waals surface area (Å²) in [4.78, 5) is 0.156. The summed E-state index contributed by atoms with van der Waals surface area (Å²) < 4.78 is 52.7. The van der Waals surface area contributed by atoms with Crippen LogP contribution in [0.25, 0.3) is 0 Å². The largest absolute Gasteiger partial charge is 0.493 e. The summed E-state index contributed by atoms with van der Waals surface area (Å²) >= 11 is 0. The third-order valence-electron chi connectivity index (χ3n) is 4.46. The van der Waals surface area contributed by atoms with Gasteiger partial charge in [0.1, 0.15) is 17.2 Å². The highest BCUT2D eigenvalue weighted by Gasteiger charge is 2.31. The Bertz CT molecular complexity index is 884. The molecule has 0 aliphatic carbocycles. The molecule has 0 unspecified atom stereocenters. The van der Waals surface area contributed by atoms with Gasteiger partial charge in [0.25, 0.3) is 0 Å². The number of nitrogens with one attached hydrogen (secondary N) is 1. The van der Waals surface area contributed by atoms with Crippen LogP contribution in [0.3, 0.4) is 0 Å². The molecule has 1 aliphatic heterocycles. The van der Waals surface area contributed by atoms with Gasteiger partial charge in [0.2, 0.25) is 10.0 Å². The lowest BCUT2D eigenvalue weighted by Gasteiger charge is -2.29. The zero-order valence-corrected chi connectivity index (χ0v) is 14.9. The molecule has 3 rings (SSSR count). The number of halogens is 1. The van der Waals surface area contributed by atoms with Crippen molar-refractivity contribution in [1.82, 2.24) is 4.72 Å². The van der Waals surface area contributed by atoms with Crippen molar-refractivity contribution in [1.29, 1.82) is 0 Å². The Balaban J connectivity index is 1.82. The van der Waals surface area contributed by atoms with Gasteiger partial charge in [-0.3, -0.25) is 0 Å². The molecule has 0 radical (unpaired) electrons. The summed E-state index contributed by atoms with van der Waals surface area (Å²) in [6.45, 7) is 2.10. The second-order valence-electron chi connectivity index (χ2n) is 6.11. The van der Waals surface area contributed by atoms with Gasteiger partial charge in [-0.25, -0.2) is 17.5 Å². The molecule has 0 saturated heterocycles. The predicted octanol–water partition coefficient (Wildman–Crippen LogP) is 2.60. The summed E-state index contributed by atoms with van der Waals surface area (Å²) in [5.41, 5.74) is 0.0344. The molecule has 0 amide bonds. The molecule has 134 valence electrons. The molecular formula is C18H20FNO4S. The zero-order chi connectivity index (χ0) is 18.1. The fourth-order valence-electron chi connectivity index (χ4n) is 2.81. The van der Waals surface area contributed by atoms with Crippen molar-refractivity contribution in [3.05, 3.63) is 59.4 Å². The summed E-state index contributed by atoms with van der Waals surface area (Å²) in [5.74, 6) is 0.271. The first-order valence-electron chi connectivity index (χ1n) is 7.91. The summed E-state index contributed by atoms with van der Waals surface area (Å²) in [5, 5.41) is 0. The average molecular weight is 365 g/mol. The normalized spacial score (nSPS) is 16.1. The Labute approximate surface area is 146 Å². The van der Waals surface area contributed by atoms with Crippen molar-refractivity contribution in [3.8, 4) is 5.75 Å². The van der Waals surface area contributed by atoms with E-state index in [0.29, 0.717) is 24.3 Å². The summed E-state index contributed by atoms with van der Waals surface area (Å²) in [7, 11) is -2.33. The fraction of sp³-hybridized carbons (Fsp3) is 0.333. The SMILES string of the molecule is CO[C@@](C)(CNS(=O)(=O)c1ccc2c(c1)CCO2)c1ccccc1F.